The molecule has 0 bridgehead atoms. The van der Waals surface area contributed by atoms with Gasteiger partial charge in [0, 0.05) is 0 Å². The average Bonchev–Trinajstić information content (AvgIpc) is 2.45. The van der Waals surface area contributed by atoms with Gasteiger partial charge in [-0.15, -0.1) is 0 Å². The van der Waals surface area contributed by atoms with Crippen LogP contribution < -0.4 is 10.6 Å². The number of carbonyl (C=O) groups is 1. The van der Waals surface area contributed by atoms with E-state index < -0.39 is 0 Å². The van der Waals surface area contributed by atoms with E-state index in [1.165, 1.54) is 0 Å². The Bertz CT molecular complexity index is 699. The number of hydrogen-bond acceptors (Lipinski definition) is 3. The Balaban J connectivity index is 1.97. The molecular formula is C17H18N2O2S. The van der Waals surface area contributed by atoms with Gasteiger partial charge in [-0.2, -0.15) is 0 Å². The highest BCUT2D eigenvalue weighted by atomic mass is 32.1. The minimum atomic E-state index is -0.201. The summed E-state index contributed by atoms with van der Waals surface area (Å²) >= 11 is 5.12. The topological polar surface area (TPSA) is 61.4 Å². The molecule has 0 heterocycles. The van der Waals surface area contributed by atoms with Crippen molar-refractivity contribution in [3.8, 4) is 5.75 Å². The van der Waals surface area contributed by atoms with Crippen molar-refractivity contribution >= 4 is 28.9 Å². The lowest BCUT2D eigenvalue weighted by atomic mass is 10.1. The van der Waals surface area contributed by atoms with Gasteiger partial charge in [0.2, 0.25) is 5.91 Å². The first kappa shape index (κ1) is 16.0. The Morgan fingerprint density at radius 3 is 2.55 bits per heavy atom. The van der Waals surface area contributed by atoms with Gasteiger partial charge in [-0.25, -0.2) is 0 Å². The van der Waals surface area contributed by atoms with Crippen LogP contribution in [-0.4, -0.2) is 16.1 Å². The maximum Gasteiger partial charge on any atom is 0.230 e. The van der Waals surface area contributed by atoms with Gasteiger partial charge in [0.05, 0.1) is 12.1 Å². The van der Waals surface area contributed by atoms with E-state index in [1.54, 1.807) is 6.07 Å². The molecule has 0 aliphatic heterocycles. The fourth-order valence-corrected chi connectivity index (χ4v) is 2.38. The largest absolute Gasteiger partial charge is 0.505 e. The highest BCUT2D eigenvalue weighted by Crippen LogP contribution is 2.28. The number of amides is 1. The molecule has 0 atom stereocenters. The van der Waals surface area contributed by atoms with Crippen LogP contribution in [0.25, 0.3) is 0 Å². The van der Waals surface area contributed by atoms with Crippen molar-refractivity contribution in [3.05, 3.63) is 59.2 Å². The standard InChI is InChI=1S/C17H18N2O2S/c1-11-8-12(2)16(21)14(9-11)18-17(22)19-15(20)10-13-6-4-3-5-7-13/h3-9,21H,10H2,1-2H3,(H2,18,19,20,22). The van der Waals surface area contributed by atoms with E-state index in [9.17, 15) is 9.90 Å². The van der Waals surface area contributed by atoms with Crippen LogP contribution in [0.15, 0.2) is 42.5 Å². The highest BCUT2D eigenvalue weighted by Gasteiger charge is 2.10. The number of hydrogen-bond donors (Lipinski definition) is 3. The summed E-state index contributed by atoms with van der Waals surface area (Å²) in [6.45, 7) is 3.74. The van der Waals surface area contributed by atoms with E-state index >= 15 is 0 Å². The van der Waals surface area contributed by atoms with Crippen molar-refractivity contribution < 1.29 is 9.90 Å². The van der Waals surface area contributed by atoms with Gasteiger partial charge in [0.1, 0.15) is 5.75 Å². The molecular weight excluding hydrogens is 296 g/mol. The van der Waals surface area contributed by atoms with Gasteiger partial charge < -0.3 is 15.7 Å². The lowest BCUT2D eigenvalue weighted by molar-refractivity contribution is -0.119. The first-order valence-corrected chi connectivity index (χ1v) is 7.31. The third-order valence-electron chi connectivity index (χ3n) is 3.15. The summed E-state index contributed by atoms with van der Waals surface area (Å²) in [5.74, 6) is -0.0715. The molecule has 22 heavy (non-hydrogen) atoms. The summed E-state index contributed by atoms with van der Waals surface area (Å²) in [5.41, 5.74) is 3.15. The normalized spacial score (nSPS) is 10.1. The van der Waals surface area contributed by atoms with Crippen LogP contribution in [0.1, 0.15) is 16.7 Å². The molecule has 114 valence electrons. The number of phenols is 1. The predicted molar refractivity (Wildman–Crippen MR) is 92.1 cm³/mol. The van der Waals surface area contributed by atoms with Crippen molar-refractivity contribution in [3.63, 3.8) is 0 Å². The minimum Gasteiger partial charge on any atom is -0.505 e. The van der Waals surface area contributed by atoms with Gasteiger partial charge in [-0.05, 0) is 48.8 Å². The number of anilines is 1. The van der Waals surface area contributed by atoms with Gasteiger partial charge in [-0.1, -0.05) is 36.4 Å². The second-order valence-corrected chi connectivity index (χ2v) is 5.55. The number of carbonyl (C=O) groups excluding carboxylic acids is 1. The molecule has 5 heteroatoms. The van der Waals surface area contributed by atoms with Gasteiger partial charge >= 0.3 is 0 Å². The Kier molecular flexibility index (Phi) is 5.12. The van der Waals surface area contributed by atoms with Crippen LogP contribution in [0.5, 0.6) is 5.75 Å². The van der Waals surface area contributed by atoms with Crippen molar-refractivity contribution in [2.75, 3.05) is 5.32 Å². The zero-order valence-corrected chi connectivity index (χ0v) is 13.3. The number of phenolic OH excluding ortho intramolecular Hbond substituents is 1. The monoisotopic (exact) mass is 314 g/mol. The third kappa shape index (κ3) is 4.30. The first-order chi connectivity index (χ1) is 10.5. The smallest absolute Gasteiger partial charge is 0.230 e. The van der Waals surface area contributed by atoms with Gasteiger partial charge in [-0.3, -0.25) is 4.79 Å². The van der Waals surface area contributed by atoms with E-state index in [-0.39, 0.29) is 23.2 Å². The van der Waals surface area contributed by atoms with Crippen molar-refractivity contribution in [1.29, 1.82) is 0 Å². The first-order valence-electron chi connectivity index (χ1n) is 6.90. The van der Waals surface area contributed by atoms with Gasteiger partial charge in [0.25, 0.3) is 0 Å². The molecule has 0 saturated carbocycles. The quantitative estimate of drug-likeness (QED) is 0.602. The maximum absolute atomic E-state index is 11.9. The molecule has 2 rings (SSSR count). The van der Waals surface area contributed by atoms with E-state index in [0.29, 0.717) is 5.69 Å². The van der Waals surface area contributed by atoms with E-state index in [1.807, 2.05) is 50.2 Å². The lowest BCUT2D eigenvalue weighted by Crippen LogP contribution is -2.35. The predicted octanol–water partition coefficient (Wildman–Crippen LogP) is 3.06. The van der Waals surface area contributed by atoms with Crippen molar-refractivity contribution in [2.24, 2.45) is 0 Å². The molecule has 0 radical (unpaired) electrons. The number of aromatic hydroxyl groups is 1. The summed E-state index contributed by atoms with van der Waals surface area (Å²) in [5, 5.41) is 15.6. The van der Waals surface area contributed by atoms with Crippen LogP contribution in [0.3, 0.4) is 0 Å². The Labute approximate surface area is 135 Å². The zero-order chi connectivity index (χ0) is 16.1. The highest BCUT2D eigenvalue weighted by molar-refractivity contribution is 7.80. The molecule has 0 fully saturated rings. The average molecular weight is 314 g/mol. The Morgan fingerprint density at radius 1 is 1.18 bits per heavy atom. The Morgan fingerprint density at radius 2 is 1.86 bits per heavy atom. The van der Waals surface area contributed by atoms with E-state index in [2.05, 4.69) is 10.6 Å². The van der Waals surface area contributed by atoms with E-state index in [0.717, 1.165) is 16.7 Å². The summed E-state index contributed by atoms with van der Waals surface area (Å²) < 4.78 is 0. The molecule has 0 aliphatic carbocycles. The van der Waals surface area contributed by atoms with Crippen LogP contribution in [0.2, 0.25) is 0 Å². The maximum atomic E-state index is 11.9. The molecule has 3 N–H and O–H groups in total. The van der Waals surface area contributed by atoms with Gasteiger partial charge in [0.15, 0.2) is 5.11 Å². The van der Waals surface area contributed by atoms with Crippen LogP contribution in [0, 0.1) is 13.8 Å². The molecule has 2 aromatic rings. The van der Waals surface area contributed by atoms with Crippen molar-refractivity contribution in [1.82, 2.24) is 5.32 Å². The SMILES string of the molecule is Cc1cc(C)c(O)c(NC(=S)NC(=O)Cc2ccccc2)c1. The molecule has 0 spiro atoms. The number of rotatable bonds is 3. The fourth-order valence-electron chi connectivity index (χ4n) is 2.16. The lowest BCUT2D eigenvalue weighted by Gasteiger charge is -2.13. The molecule has 0 aliphatic rings. The summed E-state index contributed by atoms with van der Waals surface area (Å²) in [6, 6.07) is 13.1. The zero-order valence-electron chi connectivity index (χ0n) is 12.5. The van der Waals surface area contributed by atoms with Crippen LogP contribution in [0.4, 0.5) is 5.69 Å². The second kappa shape index (κ2) is 7.04. The summed E-state index contributed by atoms with van der Waals surface area (Å²) in [6.07, 6.45) is 0.251. The van der Waals surface area contributed by atoms with E-state index in [4.69, 9.17) is 12.2 Å². The number of benzene rings is 2. The molecule has 2 aromatic carbocycles. The molecule has 1 amide bonds. The minimum absolute atomic E-state index is 0.130. The molecule has 0 aromatic heterocycles. The molecule has 0 unspecified atom stereocenters. The summed E-state index contributed by atoms with van der Waals surface area (Å²) in [4.78, 5) is 11.9. The van der Waals surface area contributed by atoms with Crippen LogP contribution in [-0.2, 0) is 11.2 Å². The third-order valence-corrected chi connectivity index (χ3v) is 3.36. The summed E-state index contributed by atoms with van der Waals surface area (Å²) in [7, 11) is 0. The number of aryl methyl sites for hydroxylation is 2. The Hall–Kier alpha value is -2.40. The number of nitrogens with one attached hydrogen (secondary N) is 2. The second-order valence-electron chi connectivity index (χ2n) is 5.14. The fraction of sp³-hybridized carbons (Fsp3) is 0.176. The van der Waals surface area contributed by atoms with Crippen molar-refractivity contribution in [2.45, 2.75) is 20.3 Å². The van der Waals surface area contributed by atoms with Crippen LogP contribution >= 0.6 is 12.2 Å². The molecule has 0 saturated heterocycles. The molecule has 4 nitrogen and oxygen atoms in total. The number of thiocarbonyl (C=S) groups is 1.